The maximum Gasteiger partial charge on any atom is 0.407 e. The molecule has 0 bridgehead atoms. The van der Waals surface area contributed by atoms with E-state index in [1.165, 1.54) is 17.0 Å². The number of carboxylic acid groups (broad SMARTS) is 1. The van der Waals surface area contributed by atoms with Crippen LogP contribution in [0.1, 0.15) is 28.8 Å². The normalized spacial score (nSPS) is 19.5. The minimum atomic E-state index is -0.979. The fourth-order valence-electron chi connectivity index (χ4n) is 3.04. The number of piperidine rings is 1. The molecule has 1 amide bonds. The van der Waals surface area contributed by atoms with Crippen LogP contribution in [0.5, 0.6) is 0 Å². The Morgan fingerprint density at radius 1 is 1.36 bits per heavy atom. The van der Waals surface area contributed by atoms with E-state index in [4.69, 9.17) is 9.84 Å². The van der Waals surface area contributed by atoms with Crippen molar-refractivity contribution in [2.24, 2.45) is 0 Å². The Morgan fingerprint density at radius 3 is 2.64 bits per heavy atom. The summed E-state index contributed by atoms with van der Waals surface area (Å²) in [6.45, 7) is 0.621. The summed E-state index contributed by atoms with van der Waals surface area (Å²) in [7, 11) is 0. The lowest BCUT2D eigenvalue weighted by molar-refractivity contribution is -0.384. The van der Waals surface area contributed by atoms with Crippen molar-refractivity contribution < 1.29 is 24.4 Å². The predicted molar refractivity (Wildman–Crippen MR) is 73.8 cm³/mol. The van der Waals surface area contributed by atoms with Crippen molar-refractivity contribution in [1.82, 2.24) is 4.90 Å². The van der Waals surface area contributed by atoms with E-state index in [-0.39, 0.29) is 11.3 Å². The summed E-state index contributed by atoms with van der Waals surface area (Å²) < 4.78 is 5.52. The van der Waals surface area contributed by atoms with Crippen LogP contribution in [-0.4, -0.2) is 45.7 Å². The Balaban J connectivity index is 1.85. The molecule has 2 aliphatic rings. The first-order valence-electron chi connectivity index (χ1n) is 6.89. The van der Waals surface area contributed by atoms with E-state index in [0.717, 1.165) is 0 Å². The third-order valence-corrected chi connectivity index (χ3v) is 4.29. The molecule has 1 N–H and O–H groups in total. The zero-order valence-electron chi connectivity index (χ0n) is 11.7. The van der Waals surface area contributed by atoms with Crippen LogP contribution in [-0.2, 0) is 11.2 Å². The van der Waals surface area contributed by atoms with Gasteiger partial charge in [-0.3, -0.25) is 10.1 Å². The smallest absolute Gasteiger partial charge is 0.407 e. The number of non-ortho nitro benzene ring substituents is 1. The molecule has 8 nitrogen and oxygen atoms in total. The van der Waals surface area contributed by atoms with Crippen LogP contribution in [0.4, 0.5) is 10.5 Å². The molecule has 0 atom stereocenters. The van der Waals surface area contributed by atoms with Gasteiger partial charge in [0.1, 0.15) is 5.60 Å². The fraction of sp³-hybridized carbons (Fsp3) is 0.429. The average Bonchev–Trinajstić information content (AvgIpc) is 2.47. The summed E-state index contributed by atoms with van der Waals surface area (Å²) in [5, 5.41) is 19.8. The standard InChI is InChI=1S/C14H14N2O6/c17-12-11-7-10(16(20)21)2-1-9(11)8-14(22-12)3-5-15(6-4-14)13(18)19/h1-2,7H,3-6,8H2,(H,18,19). The van der Waals surface area contributed by atoms with Gasteiger partial charge in [0.15, 0.2) is 0 Å². The Bertz CT molecular complexity index is 663. The molecular weight excluding hydrogens is 292 g/mol. The summed E-state index contributed by atoms with van der Waals surface area (Å²) in [6, 6.07) is 4.19. The topological polar surface area (TPSA) is 110 Å². The van der Waals surface area contributed by atoms with Gasteiger partial charge in [-0.15, -0.1) is 0 Å². The first kappa shape index (κ1) is 14.3. The van der Waals surface area contributed by atoms with Crippen LogP contribution in [0, 0.1) is 10.1 Å². The molecular formula is C14H14N2O6. The highest BCUT2D eigenvalue weighted by Gasteiger charge is 2.43. The molecule has 0 saturated carbocycles. The van der Waals surface area contributed by atoms with Crippen LogP contribution in [0.2, 0.25) is 0 Å². The van der Waals surface area contributed by atoms with Gasteiger partial charge in [-0.25, -0.2) is 9.59 Å². The van der Waals surface area contributed by atoms with Gasteiger partial charge < -0.3 is 14.7 Å². The van der Waals surface area contributed by atoms with Crippen LogP contribution in [0.3, 0.4) is 0 Å². The van der Waals surface area contributed by atoms with Gasteiger partial charge in [-0.1, -0.05) is 6.07 Å². The van der Waals surface area contributed by atoms with Crippen molar-refractivity contribution in [3.8, 4) is 0 Å². The van der Waals surface area contributed by atoms with Crippen molar-refractivity contribution in [2.45, 2.75) is 24.9 Å². The van der Waals surface area contributed by atoms with Crippen molar-refractivity contribution >= 4 is 17.7 Å². The number of nitrogens with zero attached hydrogens (tertiary/aromatic N) is 2. The number of hydrogen-bond acceptors (Lipinski definition) is 5. The monoisotopic (exact) mass is 306 g/mol. The minimum absolute atomic E-state index is 0.146. The van der Waals surface area contributed by atoms with Crippen molar-refractivity contribution in [2.75, 3.05) is 13.1 Å². The molecule has 0 radical (unpaired) electrons. The lowest BCUT2D eigenvalue weighted by Gasteiger charge is -2.42. The van der Waals surface area contributed by atoms with E-state index in [2.05, 4.69) is 0 Å². The van der Waals surface area contributed by atoms with Crippen LogP contribution < -0.4 is 0 Å². The maximum atomic E-state index is 12.2. The molecule has 8 heteroatoms. The Labute approximate surface area is 125 Å². The zero-order valence-corrected chi connectivity index (χ0v) is 11.7. The van der Waals surface area contributed by atoms with E-state index in [1.54, 1.807) is 6.07 Å². The third-order valence-electron chi connectivity index (χ3n) is 4.29. The molecule has 1 fully saturated rings. The van der Waals surface area contributed by atoms with Gasteiger partial charge in [0, 0.05) is 44.5 Å². The molecule has 22 heavy (non-hydrogen) atoms. The number of nitro benzene ring substituents is 1. The zero-order chi connectivity index (χ0) is 15.9. The van der Waals surface area contributed by atoms with Gasteiger partial charge in [-0.05, 0) is 5.56 Å². The van der Waals surface area contributed by atoms with E-state index < -0.39 is 22.6 Å². The number of fused-ring (bicyclic) bond motifs is 1. The lowest BCUT2D eigenvalue weighted by atomic mass is 9.81. The minimum Gasteiger partial charge on any atom is -0.465 e. The molecule has 1 saturated heterocycles. The van der Waals surface area contributed by atoms with Crippen LogP contribution in [0.15, 0.2) is 18.2 Å². The number of benzene rings is 1. The molecule has 2 aliphatic heterocycles. The molecule has 0 aromatic heterocycles. The number of esters is 1. The van der Waals surface area contributed by atoms with E-state index in [1.807, 2.05) is 0 Å². The van der Waals surface area contributed by atoms with Crippen LogP contribution in [0.25, 0.3) is 0 Å². The quantitative estimate of drug-likeness (QED) is 0.481. The Hall–Kier alpha value is -2.64. The second-order valence-corrected chi connectivity index (χ2v) is 5.62. The first-order chi connectivity index (χ1) is 10.4. The number of ether oxygens (including phenoxy) is 1. The molecule has 0 aliphatic carbocycles. The Morgan fingerprint density at radius 2 is 2.05 bits per heavy atom. The summed E-state index contributed by atoms with van der Waals surface area (Å²) in [5.41, 5.74) is 0.0880. The van der Waals surface area contributed by atoms with E-state index >= 15 is 0 Å². The first-order valence-corrected chi connectivity index (χ1v) is 6.89. The Kier molecular flexibility index (Phi) is 3.23. The van der Waals surface area contributed by atoms with Gasteiger partial charge in [0.05, 0.1) is 10.5 Å². The number of nitro groups is 1. The highest BCUT2D eigenvalue weighted by atomic mass is 16.6. The number of carbonyl (C=O) groups is 2. The van der Waals surface area contributed by atoms with Crippen molar-refractivity contribution in [3.05, 3.63) is 39.4 Å². The summed E-state index contributed by atoms with van der Waals surface area (Å²) in [5.74, 6) is -0.575. The molecule has 1 aromatic carbocycles. The number of amides is 1. The predicted octanol–water partition coefficient (Wildman–Crippen LogP) is 1.82. The highest BCUT2D eigenvalue weighted by molar-refractivity contribution is 5.93. The molecule has 116 valence electrons. The molecule has 0 unspecified atom stereocenters. The number of carbonyl (C=O) groups excluding carboxylic acids is 1. The number of rotatable bonds is 1. The number of hydrogen-bond donors (Lipinski definition) is 1. The summed E-state index contributed by atoms with van der Waals surface area (Å²) in [4.78, 5) is 34.6. The largest absolute Gasteiger partial charge is 0.465 e. The van der Waals surface area contributed by atoms with E-state index in [9.17, 15) is 19.7 Å². The summed E-state index contributed by atoms with van der Waals surface area (Å²) >= 11 is 0. The van der Waals surface area contributed by atoms with Gasteiger partial charge in [-0.2, -0.15) is 0 Å². The second-order valence-electron chi connectivity index (χ2n) is 5.62. The lowest BCUT2D eigenvalue weighted by Crippen LogP contribution is -2.51. The molecule has 1 aromatic rings. The van der Waals surface area contributed by atoms with Crippen LogP contribution >= 0.6 is 0 Å². The third kappa shape index (κ3) is 2.36. The average molecular weight is 306 g/mol. The second kappa shape index (κ2) is 4.97. The molecule has 3 rings (SSSR count). The van der Waals surface area contributed by atoms with Crippen molar-refractivity contribution in [1.29, 1.82) is 0 Å². The highest BCUT2D eigenvalue weighted by Crippen LogP contribution is 2.37. The summed E-state index contributed by atoms with van der Waals surface area (Å²) in [6.07, 6.45) is 0.343. The van der Waals surface area contributed by atoms with Gasteiger partial charge in [0.2, 0.25) is 0 Å². The maximum absolute atomic E-state index is 12.2. The van der Waals surface area contributed by atoms with E-state index in [0.29, 0.717) is 37.9 Å². The SMILES string of the molecule is O=C1OC2(CCN(C(=O)O)CC2)Cc2ccc([N+](=O)[O-])cc21. The molecule has 2 heterocycles. The van der Waals surface area contributed by atoms with Gasteiger partial charge in [0.25, 0.3) is 5.69 Å². The number of likely N-dealkylation sites (tertiary alicyclic amines) is 1. The van der Waals surface area contributed by atoms with Crippen molar-refractivity contribution in [3.63, 3.8) is 0 Å². The van der Waals surface area contributed by atoms with Gasteiger partial charge >= 0.3 is 12.1 Å². The molecule has 1 spiro atoms. The fourth-order valence-corrected chi connectivity index (χ4v) is 3.04.